The average Bonchev–Trinajstić information content (AvgIpc) is 2.76. The van der Waals surface area contributed by atoms with Crippen LogP contribution in [0.2, 0.25) is 0 Å². The molecule has 1 unspecified atom stereocenters. The van der Waals surface area contributed by atoms with Gasteiger partial charge in [0, 0.05) is 12.8 Å². The van der Waals surface area contributed by atoms with Crippen molar-refractivity contribution in [3.63, 3.8) is 0 Å². The molecule has 0 spiro atoms. The molecule has 0 radical (unpaired) electrons. The Morgan fingerprint density at radius 1 is 1.00 bits per heavy atom. The first-order valence-electron chi connectivity index (χ1n) is 12.8. The van der Waals surface area contributed by atoms with E-state index in [1.807, 2.05) is 19.9 Å². The third-order valence-electron chi connectivity index (χ3n) is 5.77. The highest BCUT2D eigenvalue weighted by Gasteiger charge is 2.17. The van der Waals surface area contributed by atoms with E-state index in [-0.39, 0.29) is 0 Å². The lowest BCUT2D eigenvalue weighted by atomic mass is 9.81. The Kier molecular flexibility index (Phi) is 17.6. The van der Waals surface area contributed by atoms with Crippen LogP contribution in [0.4, 0.5) is 0 Å². The fourth-order valence-electron chi connectivity index (χ4n) is 4.18. The second kappa shape index (κ2) is 18.7. The predicted octanol–water partition coefficient (Wildman–Crippen LogP) is 9.69. The number of hydrogen-bond acceptors (Lipinski definition) is 1. The number of Topliss-reactive ketones (excluding diaryl/α,β-unsaturated/α-hetero) is 1. The zero-order valence-electron chi connectivity index (χ0n) is 22.0. The first-order valence-corrected chi connectivity index (χ1v) is 12.8. The van der Waals surface area contributed by atoms with Crippen molar-refractivity contribution in [2.24, 2.45) is 11.3 Å². The van der Waals surface area contributed by atoms with Gasteiger partial charge in [-0.05, 0) is 55.9 Å². The minimum absolute atomic E-state index is 0.292. The van der Waals surface area contributed by atoms with E-state index in [9.17, 15) is 4.79 Å². The Morgan fingerprint density at radius 2 is 1.62 bits per heavy atom. The summed E-state index contributed by atoms with van der Waals surface area (Å²) in [6, 6.07) is 10.7. The monoisotopic (exact) mass is 438 g/mol. The van der Waals surface area contributed by atoms with E-state index >= 15 is 0 Å². The van der Waals surface area contributed by atoms with Crippen LogP contribution in [0.25, 0.3) is 0 Å². The molecule has 1 nitrogen and oxygen atoms in total. The molecule has 0 aliphatic carbocycles. The molecule has 0 aromatic heterocycles. The summed E-state index contributed by atoms with van der Waals surface area (Å²) in [6.45, 7) is 16.9. The first kappa shape index (κ1) is 30.1. The highest BCUT2D eigenvalue weighted by molar-refractivity contribution is 5.78. The largest absolute Gasteiger partial charge is 0.300 e. The number of hydrogen-bond donors (Lipinski definition) is 0. The van der Waals surface area contributed by atoms with Gasteiger partial charge in [0.2, 0.25) is 0 Å². The fraction of sp³-hybridized carbons (Fsp3) is 0.581. The Hall–Kier alpha value is -1.89. The molecule has 0 aliphatic heterocycles. The number of carbonyl (C=O) groups is 1. The maximum Gasteiger partial charge on any atom is 0.132 e. The SMILES string of the molecule is C=C/C=C\C=C(/C)CC(C)(C)CCCCC(=O)CCCCC(C)Cc1ccccc1.CC. The molecule has 0 aliphatic rings. The molecular formula is C31H50O. The highest BCUT2D eigenvalue weighted by Crippen LogP contribution is 2.31. The first-order chi connectivity index (χ1) is 15.3. The molecule has 0 N–H and O–H groups in total. The van der Waals surface area contributed by atoms with Crippen LogP contribution in [0.5, 0.6) is 0 Å². The standard InChI is InChI=1S/C29H44O.C2H6/c1-6-7-9-17-26(3)24-29(4,5)22-15-14-21-28(30)20-13-12-16-25(2)23-27-18-10-8-11-19-27;1-2/h6-11,17-19,25H,1,12-16,20-24H2,2-5H3;1-2H3/b9-7-,26-17+;. The van der Waals surface area contributed by atoms with Crippen LogP contribution in [0.1, 0.15) is 105 Å². The van der Waals surface area contributed by atoms with Gasteiger partial charge in [-0.15, -0.1) is 0 Å². The number of ketones is 1. The summed E-state index contributed by atoms with van der Waals surface area (Å²) < 4.78 is 0. The van der Waals surface area contributed by atoms with Crippen LogP contribution in [0.15, 0.2) is 66.8 Å². The maximum atomic E-state index is 12.2. The van der Waals surface area contributed by atoms with E-state index in [0.29, 0.717) is 17.1 Å². The molecule has 0 fully saturated rings. The summed E-state index contributed by atoms with van der Waals surface area (Å²) in [4.78, 5) is 12.2. The Morgan fingerprint density at radius 3 is 2.25 bits per heavy atom. The van der Waals surface area contributed by atoms with Crippen LogP contribution in [-0.4, -0.2) is 5.78 Å². The van der Waals surface area contributed by atoms with E-state index in [2.05, 4.69) is 76.8 Å². The van der Waals surface area contributed by atoms with Crippen LogP contribution in [0.3, 0.4) is 0 Å². The van der Waals surface area contributed by atoms with Crippen molar-refractivity contribution in [2.45, 2.75) is 106 Å². The molecule has 0 saturated heterocycles. The van der Waals surface area contributed by atoms with Gasteiger partial charge in [-0.25, -0.2) is 0 Å². The van der Waals surface area contributed by atoms with Crippen molar-refractivity contribution in [3.8, 4) is 0 Å². The molecule has 1 heteroatoms. The maximum absolute atomic E-state index is 12.2. The minimum Gasteiger partial charge on any atom is -0.300 e. The smallest absolute Gasteiger partial charge is 0.132 e. The Labute approximate surface area is 200 Å². The molecule has 1 aromatic rings. The van der Waals surface area contributed by atoms with Gasteiger partial charge in [-0.3, -0.25) is 4.79 Å². The predicted molar refractivity (Wildman–Crippen MR) is 144 cm³/mol. The third kappa shape index (κ3) is 16.8. The summed E-state index contributed by atoms with van der Waals surface area (Å²) in [5, 5.41) is 0. The molecule has 1 atom stereocenters. The van der Waals surface area contributed by atoms with Gasteiger partial charge < -0.3 is 0 Å². The topological polar surface area (TPSA) is 17.1 Å². The van der Waals surface area contributed by atoms with Gasteiger partial charge in [0.15, 0.2) is 0 Å². The summed E-state index contributed by atoms with van der Waals surface area (Å²) in [6.07, 6.45) is 18.5. The normalized spacial score (nSPS) is 12.9. The summed E-state index contributed by atoms with van der Waals surface area (Å²) in [5.74, 6) is 1.14. The highest BCUT2D eigenvalue weighted by atomic mass is 16.1. The zero-order valence-corrected chi connectivity index (χ0v) is 22.0. The molecule has 1 rings (SSSR count). The van der Waals surface area contributed by atoms with Crippen molar-refractivity contribution in [3.05, 3.63) is 72.4 Å². The van der Waals surface area contributed by atoms with Crippen molar-refractivity contribution < 1.29 is 4.79 Å². The van der Waals surface area contributed by atoms with Gasteiger partial charge in [-0.2, -0.15) is 0 Å². The number of carbonyl (C=O) groups excluding carboxylic acids is 1. The molecule has 0 amide bonds. The van der Waals surface area contributed by atoms with Crippen LogP contribution in [0, 0.1) is 11.3 Å². The molecule has 0 heterocycles. The second-order valence-electron chi connectivity index (χ2n) is 9.76. The van der Waals surface area contributed by atoms with E-state index in [0.717, 1.165) is 44.9 Å². The van der Waals surface area contributed by atoms with Gasteiger partial charge >= 0.3 is 0 Å². The summed E-state index contributed by atoms with van der Waals surface area (Å²) in [7, 11) is 0. The number of benzene rings is 1. The second-order valence-corrected chi connectivity index (χ2v) is 9.76. The zero-order chi connectivity index (χ0) is 24.2. The van der Waals surface area contributed by atoms with Crippen molar-refractivity contribution in [1.29, 1.82) is 0 Å². The summed E-state index contributed by atoms with van der Waals surface area (Å²) >= 11 is 0. The van der Waals surface area contributed by atoms with Gasteiger partial charge in [0.25, 0.3) is 0 Å². The average molecular weight is 439 g/mol. The Balaban J connectivity index is 0.00000466. The van der Waals surface area contributed by atoms with E-state index in [1.165, 1.54) is 30.4 Å². The van der Waals surface area contributed by atoms with Crippen molar-refractivity contribution >= 4 is 5.78 Å². The molecule has 180 valence electrons. The molecular weight excluding hydrogens is 388 g/mol. The fourth-order valence-corrected chi connectivity index (χ4v) is 4.18. The third-order valence-corrected chi connectivity index (χ3v) is 5.77. The number of unbranched alkanes of at least 4 members (excludes halogenated alkanes) is 2. The Bertz CT molecular complexity index is 663. The molecule has 32 heavy (non-hydrogen) atoms. The molecule has 1 aromatic carbocycles. The lowest BCUT2D eigenvalue weighted by Crippen LogP contribution is -2.12. The molecule has 0 bridgehead atoms. The van der Waals surface area contributed by atoms with E-state index in [4.69, 9.17) is 0 Å². The van der Waals surface area contributed by atoms with Gasteiger partial charge in [0.1, 0.15) is 5.78 Å². The number of allylic oxidation sites excluding steroid dienone is 5. The van der Waals surface area contributed by atoms with Gasteiger partial charge in [0.05, 0.1) is 0 Å². The van der Waals surface area contributed by atoms with Crippen molar-refractivity contribution in [2.75, 3.05) is 0 Å². The van der Waals surface area contributed by atoms with Crippen LogP contribution < -0.4 is 0 Å². The minimum atomic E-state index is 0.292. The lowest BCUT2D eigenvalue weighted by molar-refractivity contribution is -0.119. The van der Waals surface area contributed by atoms with E-state index < -0.39 is 0 Å². The number of rotatable bonds is 16. The van der Waals surface area contributed by atoms with Crippen molar-refractivity contribution in [1.82, 2.24) is 0 Å². The quantitative estimate of drug-likeness (QED) is 0.185. The summed E-state index contributed by atoms with van der Waals surface area (Å²) in [5.41, 5.74) is 3.11. The lowest BCUT2D eigenvalue weighted by Gasteiger charge is -2.25. The van der Waals surface area contributed by atoms with Crippen LogP contribution >= 0.6 is 0 Å². The van der Waals surface area contributed by atoms with Crippen LogP contribution in [-0.2, 0) is 11.2 Å². The van der Waals surface area contributed by atoms with E-state index in [1.54, 1.807) is 6.08 Å². The van der Waals surface area contributed by atoms with Gasteiger partial charge in [-0.1, -0.05) is 121 Å². The molecule has 0 saturated carbocycles.